The Balaban J connectivity index is 2.04. The van der Waals surface area contributed by atoms with Crippen molar-refractivity contribution >= 4 is 17.7 Å². The minimum atomic E-state index is -1.70. The number of hydrogen-bond acceptors (Lipinski definition) is 5. The number of hydrogen-bond donors (Lipinski definition) is 0. The molecule has 5 heteroatoms. The van der Waals surface area contributed by atoms with Gasteiger partial charge in [0.25, 0.3) is 0 Å². The van der Waals surface area contributed by atoms with Gasteiger partial charge < -0.3 is 14.2 Å². The number of methoxy groups -OCH3 is 2. The number of esters is 2. The second-order valence-electron chi connectivity index (χ2n) is 8.17. The van der Waals surface area contributed by atoms with Gasteiger partial charge in [-0.25, -0.2) is 0 Å². The lowest BCUT2D eigenvalue weighted by molar-refractivity contribution is -0.170. The summed E-state index contributed by atoms with van der Waals surface area (Å²) in [5.74, 6) is -0.984. The molecule has 0 unspecified atom stereocenters. The zero-order chi connectivity index (χ0) is 23.5. The fourth-order valence-electron chi connectivity index (χ4n) is 4.39. The van der Waals surface area contributed by atoms with E-state index in [4.69, 9.17) is 14.2 Å². The molecule has 0 amide bonds. The van der Waals surface area contributed by atoms with Gasteiger partial charge in [-0.1, -0.05) is 90.5 Å². The summed E-state index contributed by atoms with van der Waals surface area (Å²) >= 11 is 0. The molecule has 0 atom stereocenters. The van der Waals surface area contributed by atoms with Gasteiger partial charge in [-0.15, -0.1) is 0 Å². The molecule has 0 N–H and O–H groups in total. The van der Waals surface area contributed by atoms with Crippen molar-refractivity contribution in [2.24, 2.45) is 5.41 Å². The molecular formula is C28H26O5. The predicted octanol–water partition coefficient (Wildman–Crippen LogP) is 5.03. The Hall–Kier alpha value is -3.86. The second kappa shape index (κ2) is 8.94. The Morgan fingerprint density at radius 3 is 1.70 bits per heavy atom. The number of benzene rings is 3. The fraction of sp³-hybridized carbons (Fsp3) is 0.214. The first-order valence-corrected chi connectivity index (χ1v) is 10.7. The fourth-order valence-corrected chi connectivity index (χ4v) is 4.39. The Morgan fingerprint density at radius 1 is 0.758 bits per heavy atom. The van der Waals surface area contributed by atoms with E-state index in [1.54, 1.807) is 6.08 Å². The highest BCUT2D eigenvalue weighted by atomic mass is 16.5. The minimum absolute atomic E-state index is 0.0112. The molecular weight excluding hydrogens is 416 g/mol. The molecule has 33 heavy (non-hydrogen) atoms. The van der Waals surface area contributed by atoms with Crippen molar-refractivity contribution in [3.05, 3.63) is 113 Å². The van der Waals surface area contributed by atoms with Crippen molar-refractivity contribution < 1.29 is 23.8 Å². The number of ether oxygens (including phenoxy) is 3. The van der Waals surface area contributed by atoms with Crippen LogP contribution in [-0.4, -0.2) is 26.2 Å². The molecule has 0 saturated heterocycles. The normalized spacial score (nSPS) is 16.2. The third kappa shape index (κ3) is 3.91. The Labute approximate surface area is 193 Å². The van der Waals surface area contributed by atoms with Gasteiger partial charge in [0.2, 0.25) is 0 Å². The average molecular weight is 443 g/mol. The van der Waals surface area contributed by atoms with Crippen LogP contribution in [0.15, 0.2) is 91.0 Å². The van der Waals surface area contributed by atoms with E-state index in [-0.39, 0.29) is 6.42 Å². The van der Waals surface area contributed by atoms with E-state index in [2.05, 4.69) is 0 Å². The van der Waals surface area contributed by atoms with Gasteiger partial charge >= 0.3 is 11.9 Å². The largest absolute Gasteiger partial charge is 0.477 e. The molecule has 1 aliphatic rings. The highest BCUT2D eigenvalue weighted by Crippen LogP contribution is 2.52. The molecule has 0 spiro atoms. The molecule has 0 aromatic heterocycles. The first kappa shape index (κ1) is 22.3. The molecule has 4 rings (SSSR count). The second-order valence-corrected chi connectivity index (χ2v) is 8.17. The van der Waals surface area contributed by atoms with Crippen LogP contribution in [0.4, 0.5) is 0 Å². The molecule has 5 nitrogen and oxygen atoms in total. The Morgan fingerprint density at radius 2 is 1.24 bits per heavy atom. The van der Waals surface area contributed by atoms with Crippen molar-refractivity contribution in [3.63, 3.8) is 0 Å². The molecule has 0 radical (unpaired) electrons. The van der Waals surface area contributed by atoms with Crippen LogP contribution in [0, 0.1) is 12.3 Å². The third-order valence-corrected chi connectivity index (χ3v) is 6.11. The van der Waals surface area contributed by atoms with Crippen LogP contribution in [0.5, 0.6) is 0 Å². The Kier molecular flexibility index (Phi) is 6.05. The maximum Gasteiger partial charge on any atom is 0.327 e. The van der Waals surface area contributed by atoms with E-state index < -0.39 is 23.0 Å². The van der Waals surface area contributed by atoms with E-state index in [0.717, 1.165) is 22.3 Å². The summed E-state index contributed by atoms with van der Waals surface area (Å²) in [6, 6.07) is 26.9. The van der Waals surface area contributed by atoms with Crippen LogP contribution in [0.3, 0.4) is 0 Å². The van der Waals surface area contributed by atoms with Crippen molar-refractivity contribution in [2.45, 2.75) is 18.9 Å². The van der Waals surface area contributed by atoms with Gasteiger partial charge in [-0.3, -0.25) is 9.59 Å². The molecule has 0 aliphatic carbocycles. The molecule has 0 fully saturated rings. The summed E-state index contributed by atoms with van der Waals surface area (Å²) in [5.41, 5.74) is 0.610. The van der Waals surface area contributed by atoms with Gasteiger partial charge in [-0.05, 0) is 24.1 Å². The summed E-state index contributed by atoms with van der Waals surface area (Å²) in [4.78, 5) is 26.5. The highest BCUT2D eigenvalue weighted by Gasteiger charge is 2.58. The van der Waals surface area contributed by atoms with Gasteiger partial charge in [0.1, 0.15) is 5.76 Å². The molecule has 3 aromatic carbocycles. The van der Waals surface area contributed by atoms with Crippen LogP contribution in [0.1, 0.15) is 28.7 Å². The topological polar surface area (TPSA) is 61.8 Å². The van der Waals surface area contributed by atoms with Gasteiger partial charge in [0.15, 0.2) is 11.0 Å². The van der Waals surface area contributed by atoms with Gasteiger partial charge in [0.05, 0.1) is 14.2 Å². The lowest BCUT2D eigenvalue weighted by Crippen LogP contribution is -2.49. The smallest absolute Gasteiger partial charge is 0.327 e. The monoisotopic (exact) mass is 442 g/mol. The molecule has 0 bridgehead atoms. The summed E-state index contributed by atoms with van der Waals surface area (Å²) < 4.78 is 17.1. The standard InChI is InChI=1S/C28H26O5/c1-20-14-16-21(17-15-20)24-18-27(25(29)31-2,26(30)32-3)19-28(33-24,22-10-6-4-7-11-22)23-12-8-5-9-13-23/h4-18H,19H2,1-3H3. The van der Waals surface area contributed by atoms with E-state index in [1.165, 1.54) is 14.2 Å². The first-order valence-electron chi connectivity index (χ1n) is 10.7. The third-order valence-electron chi connectivity index (χ3n) is 6.11. The lowest BCUT2D eigenvalue weighted by Gasteiger charge is -2.44. The zero-order valence-electron chi connectivity index (χ0n) is 18.9. The minimum Gasteiger partial charge on any atom is -0.477 e. The van der Waals surface area contributed by atoms with Crippen LogP contribution >= 0.6 is 0 Å². The number of carbonyl (C=O) groups excluding carboxylic acids is 2. The predicted molar refractivity (Wildman–Crippen MR) is 125 cm³/mol. The number of aryl methyl sites for hydroxylation is 1. The summed E-state index contributed by atoms with van der Waals surface area (Å²) in [6.45, 7) is 1.99. The van der Waals surface area contributed by atoms with Crippen LogP contribution in [0.2, 0.25) is 0 Å². The van der Waals surface area contributed by atoms with Crippen molar-refractivity contribution in [1.82, 2.24) is 0 Å². The molecule has 168 valence electrons. The highest BCUT2D eigenvalue weighted by molar-refractivity contribution is 6.04. The number of rotatable bonds is 5. The average Bonchev–Trinajstić information content (AvgIpc) is 2.88. The van der Waals surface area contributed by atoms with Crippen LogP contribution < -0.4 is 0 Å². The Bertz CT molecular complexity index is 1110. The van der Waals surface area contributed by atoms with Gasteiger partial charge in [0, 0.05) is 12.0 Å². The van der Waals surface area contributed by atoms with E-state index in [0.29, 0.717) is 5.76 Å². The van der Waals surface area contributed by atoms with Crippen molar-refractivity contribution in [1.29, 1.82) is 0 Å². The van der Waals surface area contributed by atoms with Crippen molar-refractivity contribution in [3.8, 4) is 0 Å². The van der Waals surface area contributed by atoms with Gasteiger partial charge in [-0.2, -0.15) is 0 Å². The summed E-state index contributed by atoms with van der Waals surface area (Å²) in [6.07, 6.45) is 1.53. The molecule has 1 aliphatic heterocycles. The van der Waals surface area contributed by atoms with Crippen LogP contribution in [0.25, 0.3) is 5.76 Å². The first-order chi connectivity index (χ1) is 15.9. The quantitative estimate of drug-likeness (QED) is 0.410. The zero-order valence-corrected chi connectivity index (χ0v) is 18.9. The van der Waals surface area contributed by atoms with Crippen molar-refractivity contribution in [2.75, 3.05) is 14.2 Å². The maximum atomic E-state index is 13.2. The van der Waals surface area contributed by atoms with E-state index in [1.807, 2.05) is 91.9 Å². The molecule has 3 aromatic rings. The van der Waals surface area contributed by atoms with E-state index in [9.17, 15) is 9.59 Å². The molecule has 0 saturated carbocycles. The summed E-state index contributed by atoms with van der Waals surface area (Å²) in [7, 11) is 2.54. The van der Waals surface area contributed by atoms with E-state index >= 15 is 0 Å². The number of carbonyl (C=O) groups is 2. The lowest BCUT2D eigenvalue weighted by atomic mass is 9.69. The SMILES string of the molecule is COC(=O)C1(C(=O)OC)C=C(c2ccc(C)cc2)OC(c2ccccc2)(c2ccccc2)C1. The van der Waals surface area contributed by atoms with Crippen LogP contribution in [-0.2, 0) is 29.4 Å². The maximum absolute atomic E-state index is 13.2. The molecule has 1 heterocycles. The summed E-state index contributed by atoms with van der Waals surface area (Å²) in [5, 5.41) is 0.